The molecule has 1 aliphatic heterocycles. The highest BCUT2D eigenvalue weighted by Gasteiger charge is 2.33. The van der Waals surface area contributed by atoms with Gasteiger partial charge in [0.1, 0.15) is 18.1 Å². The van der Waals surface area contributed by atoms with Gasteiger partial charge in [-0.1, -0.05) is 41.7 Å². The summed E-state index contributed by atoms with van der Waals surface area (Å²) in [5.74, 6) is 0.452. The quantitative estimate of drug-likeness (QED) is 0.184. The predicted octanol–water partition coefficient (Wildman–Crippen LogP) is 5.72. The van der Waals surface area contributed by atoms with E-state index in [-0.39, 0.29) is 18.1 Å². The van der Waals surface area contributed by atoms with Crippen molar-refractivity contribution < 1.29 is 28.5 Å². The number of carbonyl (C=O) groups is 2. The maximum absolute atomic E-state index is 13.9. The first-order valence-electron chi connectivity index (χ1n) is 14.8. The highest BCUT2D eigenvalue weighted by molar-refractivity contribution is 9.10. The van der Waals surface area contributed by atoms with Crippen molar-refractivity contribution in [2.45, 2.75) is 40.3 Å². The molecule has 1 atom stereocenters. The third-order valence-electron chi connectivity index (χ3n) is 7.14. The molecule has 46 heavy (non-hydrogen) atoms. The summed E-state index contributed by atoms with van der Waals surface area (Å²) in [4.78, 5) is 44.1. The molecule has 4 aromatic rings. The maximum Gasteiger partial charge on any atom is 0.338 e. The predicted molar refractivity (Wildman–Crippen MR) is 179 cm³/mol. The van der Waals surface area contributed by atoms with Crippen LogP contribution in [0.3, 0.4) is 0 Å². The third kappa shape index (κ3) is 7.16. The molecule has 0 N–H and O–H groups in total. The maximum atomic E-state index is 13.9. The van der Waals surface area contributed by atoms with E-state index in [1.54, 1.807) is 43.5 Å². The highest BCUT2D eigenvalue weighted by atomic mass is 79.9. The van der Waals surface area contributed by atoms with Crippen LogP contribution in [0.15, 0.2) is 92.3 Å². The molecule has 11 heteroatoms. The van der Waals surface area contributed by atoms with E-state index in [0.717, 1.165) is 16.7 Å². The number of esters is 2. The van der Waals surface area contributed by atoms with E-state index in [1.807, 2.05) is 61.5 Å². The van der Waals surface area contributed by atoms with Crippen LogP contribution in [0.2, 0.25) is 0 Å². The number of thiazole rings is 1. The Kier molecular flexibility index (Phi) is 10.5. The molecule has 1 aliphatic rings. The van der Waals surface area contributed by atoms with E-state index < -0.39 is 12.0 Å². The van der Waals surface area contributed by atoms with Crippen LogP contribution in [0.4, 0.5) is 0 Å². The van der Waals surface area contributed by atoms with Crippen LogP contribution in [-0.2, 0) is 20.9 Å². The summed E-state index contributed by atoms with van der Waals surface area (Å²) in [6.07, 6.45) is 1.80. The fraction of sp³-hybridized carbons (Fsp3) is 0.257. The van der Waals surface area contributed by atoms with Crippen molar-refractivity contribution in [3.8, 4) is 11.5 Å². The number of hydrogen-bond acceptors (Lipinski definition) is 9. The summed E-state index contributed by atoms with van der Waals surface area (Å²) in [6, 6.07) is 19.3. The molecule has 0 saturated carbocycles. The van der Waals surface area contributed by atoms with Gasteiger partial charge in [-0.3, -0.25) is 9.36 Å². The molecule has 0 fully saturated rings. The van der Waals surface area contributed by atoms with Crippen LogP contribution in [0, 0.1) is 0 Å². The first kappa shape index (κ1) is 32.9. The standard InChI is InChI=1S/C35H33BrN2O7S/c1-5-42-26-15-13-24(14-16-26)31-30(34(41)44-7-3)21(4)37-35-38(31)32(39)29(46-35)19-23-10-17-28(27(36)18-23)45-20-22-8-11-25(12-9-22)33(40)43-6-2/h8-19,31H,5-7,20H2,1-4H3/b29-19-/t31-/m1/s1. The van der Waals surface area contributed by atoms with Crippen LogP contribution in [0.1, 0.15) is 60.8 Å². The SMILES string of the molecule is CCOC(=O)C1=C(C)N=c2s/c(=C\c3ccc(OCc4ccc(C(=O)OCC)cc4)c(Br)c3)c(=O)n2[C@@H]1c1ccc(OCC)cc1. The Balaban J connectivity index is 1.43. The first-order chi connectivity index (χ1) is 22.2. The van der Waals surface area contributed by atoms with E-state index >= 15 is 0 Å². The van der Waals surface area contributed by atoms with E-state index in [9.17, 15) is 14.4 Å². The zero-order chi connectivity index (χ0) is 32.8. The molecule has 0 spiro atoms. The van der Waals surface area contributed by atoms with Gasteiger partial charge in [0.25, 0.3) is 5.56 Å². The van der Waals surface area contributed by atoms with Crippen molar-refractivity contribution in [2.24, 2.45) is 4.99 Å². The van der Waals surface area contributed by atoms with Crippen LogP contribution in [-0.4, -0.2) is 36.3 Å². The van der Waals surface area contributed by atoms with E-state index in [2.05, 4.69) is 20.9 Å². The number of hydrogen-bond donors (Lipinski definition) is 0. The molecule has 1 aromatic heterocycles. The Bertz CT molecular complexity index is 1960. The molecule has 0 aliphatic carbocycles. The number of ether oxygens (including phenoxy) is 4. The van der Waals surface area contributed by atoms with Gasteiger partial charge in [-0.15, -0.1) is 0 Å². The molecule has 0 saturated heterocycles. The molecule has 0 radical (unpaired) electrons. The molecule has 2 heterocycles. The minimum Gasteiger partial charge on any atom is -0.494 e. The largest absolute Gasteiger partial charge is 0.494 e. The van der Waals surface area contributed by atoms with Gasteiger partial charge in [0.15, 0.2) is 4.80 Å². The number of nitrogens with zero attached hydrogens (tertiary/aromatic N) is 2. The number of allylic oxidation sites excluding steroid dienone is 1. The van der Waals surface area contributed by atoms with E-state index in [0.29, 0.717) is 62.0 Å². The average molecular weight is 706 g/mol. The second-order valence-corrected chi connectivity index (χ2v) is 12.1. The summed E-state index contributed by atoms with van der Waals surface area (Å²) < 4.78 is 24.8. The van der Waals surface area contributed by atoms with E-state index in [4.69, 9.17) is 18.9 Å². The van der Waals surface area contributed by atoms with Crippen LogP contribution in [0.25, 0.3) is 6.08 Å². The van der Waals surface area contributed by atoms with E-state index in [1.165, 1.54) is 11.3 Å². The van der Waals surface area contributed by atoms with Crippen molar-refractivity contribution in [3.63, 3.8) is 0 Å². The van der Waals surface area contributed by atoms with Crippen molar-refractivity contribution in [1.82, 2.24) is 4.57 Å². The van der Waals surface area contributed by atoms with Crippen LogP contribution < -0.4 is 24.4 Å². The zero-order valence-electron chi connectivity index (χ0n) is 25.9. The number of aromatic nitrogens is 1. The van der Waals surface area contributed by atoms with Gasteiger partial charge in [-0.05, 0) is 103 Å². The summed E-state index contributed by atoms with van der Waals surface area (Å²) >= 11 is 4.85. The van der Waals surface area contributed by atoms with Crippen molar-refractivity contribution >= 4 is 45.3 Å². The molecule has 3 aromatic carbocycles. The molecule has 238 valence electrons. The lowest BCUT2D eigenvalue weighted by Crippen LogP contribution is -2.39. The minimum absolute atomic E-state index is 0.201. The molecule has 0 amide bonds. The average Bonchev–Trinajstić information content (AvgIpc) is 3.34. The topological polar surface area (TPSA) is 105 Å². The summed E-state index contributed by atoms with van der Waals surface area (Å²) in [7, 11) is 0. The molecule has 5 rings (SSSR count). The van der Waals surface area contributed by atoms with Crippen molar-refractivity contribution in [1.29, 1.82) is 0 Å². The number of fused-ring (bicyclic) bond motifs is 1. The Hall–Kier alpha value is -4.48. The molecule has 0 unspecified atom stereocenters. The van der Waals surface area contributed by atoms with Gasteiger partial charge in [-0.25, -0.2) is 14.6 Å². The molecule has 9 nitrogen and oxygen atoms in total. The van der Waals surface area contributed by atoms with Crippen molar-refractivity contribution in [2.75, 3.05) is 19.8 Å². The lowest BCUT2D eigenvalue weighted by atomic mass is 9.96. The first-order valence-corrected chi connectivity index (χ1v) is 16.5. The number of halogens is 1. The lowest BCUT2D eigenvalue weighted by molar-refractivity contribution is -0.139. The summed E-state index contributed by atoms with van der Waals surface area (Å²) in [5.41, 5.74) is 3.47. The second-order valence-electron chi connectivity index (χ2n) is 10.2. The van der Waals surface area contributed by atoms with Gasteiger partial charge in [0.2, 0.25) is 0 Å². The highest BCUT2D eigenvalue weighted by Crippen LogP contribution is 2.32. The summed E-state index contributed by atoms with van der Waals surface area (Å²) in [5, 5.41) is 0. The van der Waals surface area contributed by atoms with Gasteiger partial charge in [-0.2, -0.15) is 0 Å². The number of benzene rings is 3. The van der Waals surface area contributed by atoms with Gasteiger partial charge >= 0.3 is 11.9 Å². The minimum atomic E-state index is -0.706. The monoisotopic (exact) mass is 704 g/mol. The van der Waals surface area contributed by atoms with Crippen LogP contribution >= 0.6 is 27.3 Å². The second kappa shape index (κ2) is 14.7. The lowest BCUT2D eigenvalue weighted by Gasteiger charge is -2.24. The molecule has 0 bridgehead atoms. The molecular formula is C35H33BrN2O7S. The number of rotatable bonds is 11. The summed E-state index contributed by atoms with van der Waals surface area (Å²) in [6.45, 7) is 8.53. The Labute approximate surface area is 278 Å². The molecular weight excluding hydrogens is 672 g/mol. The third-order valence-corrected chi connectivity index (χ3v) is 8.74. The normalized spacial score (nSPS) is 14.4. The Morgan fingerprint density at radius 2 is 1.61 bits per heavy atom. The van der Waals surface area contributed by atoms with Gasteiger partial charge < -0.3 is 18.9 Å². The fourth-order valence-corrected chi connectivity index (χ4v) is 6.57. The fourth-order valence-electron chi connectivity index (χ4n) is 5.01. The van der Waals surface area contributed by atoms with Crippen molar-refractivity contribution in [3.05, 3.63) is 124 Å². The number of carbonyl (C=O) groups excluding carboxylic acids is 2. The van der Waals surface area contributed by atoms with Gasteiger partial charge in [0, 0.05) is 0 Å². The van der Waals surface area contributed by atoms with Gasteiger partial charge in [0.05, 0.1) is 51.7 Å². The zero-order valence-corrected chi connectivity index (χ0v) is 28.3. The Morgan fingerprint density at radius 3 is 2.26 bits per heavy atom. The van der Waals surface area contributed by atoms with Crippen LogP contribution in [0.5, 0.6) is 11.5 Å². The smallest absolute Gasteiger partial charge is 0.338 e. The Morgan fingerprint density at radius 1 is 0.913 bits per heavy atom.